The van der Waals surface area contributed by atoms with Gasteiger partial charge < -0.3 is 11.1 Å². The highest BCUT2D eigenvalue weighted by Crippen LogP contribution is 2.16. The minimum absolute atomic E-state index is 0.0398. The van der Waals surface area contributed by atoms with Crippen molar-refractivity contribution in [3.05, 3.63) is 23.8 Å². The number of aryl methyl sites for hydroxylation is 1. The Hall–Kier alpha value is -1.36. The van der Waals surface area contributed by atoms with E-state index >= 15 is 0 Å². The summed E-state index contributed by atoms with van der Waals surface area (Å²) in [5.74, 6) is 0.756. The van der Waals surface area contributed by atoms with Crippen molar-refractivity contribution in [3.8, 4) is 0 Å². The highest BCUT2D eigenvalue weighted by atomic mass is 32.2. The monoisotopic (exact) mass is 282 g/mol. The van der Waals surface area contributed by atoms with Crippen LogP contribution in [0.5, 0.6) is 0 Å². The van der Waals surface area contributed by atoms with E-state index in [0.717, 1.165) is 12.0 Å². The van der Waals surface area contributed by atoms with E-state index in [1.807, 2.05) is 19.9 Å². The smallest absolute Gasteiger partial charge is 0.236 e. The average molecular weight is 282 g/mol. The largest absolute Gasteiger partial charge is 0.398 e. The van der Waals surface area contributed by atoms with Gasteiger partial charge in [0.05, 0.1) is 0 Å². The Morgan fingerprint density at radius 3 is 2.74 bits per heavy atom. The summed E-state index contributed by atoms with van der Waals surface area (Å²) in [6, 6.07) is 5.35. The normalized spacial score (nSPS) is 13.8. The third kappa shape index (κ3) is 5.42. The molecule has 1 amide bonds. The number of carbonyl (C=O) groups is 1. The molecule has 0 aliphatic carbocycles. The first-order valence-corrected chi connectivity index (χ1v) is 7.92. The van der Waals surface area contributed by atoms with E-state index in [9.17, 15) is 9.00 Å². The second-order valence-corrected chi connectivity index (χ2v) is 6.39. The van der Waals surface area contributed by atoms with Crippen molar-refractivity contribution in [2.45, 2.75) is 27.2 Å². The van der Waals surface area contributed by atoms with E-state index < -0.39 is 10.8 Å². The summed E-state index contributed by atoms with van der Waals surface area (Å²) in [6.45, 7) is 6.00. The zero-order valence-corrected chi connectivity index (χ0v) is 12.5. The Bertz CT molecular complexity index is 475. The van der Waals surface area contributed by atoms with Gasteiger partial charge in [0.15, 0.2) is 0 Å². The van der Waals surface area contributed by atoms with Crippen molar-refractivity contribution in [2.24, 2.45) is 5.92 Å². The van der Waals surface area contributed by atoms with Crippen LogP contribution in [-0.2, 0) is 15.6 Å². The van der Waals surface area contributed by atoms with Gasteiger partial charge in [0.25, 0.3) is 0 Å². The van der Waals surface area contributed by atoms with E-state index in [0.29, 0.717) is 23.0 Å². The van der Waals surface area contributed by atoms with E-state index in [1.54, 1.807) is 12.1 Å². The maximum Gasteiger partial charge on any atom is 0.236 e. The van der Waals surface area contributed by atoms with Crippen LogP contribution in [0.3, 0.4) is 0 Å². The van der Waals surface area contributed by atoms with Crippen molar-refractivity contribution in [2.75, 3.05) is 22.6 Å². The molecule has 19 heavy (non-hydrogen) atoms. The molecule has 0 aromatic heterocycles. The molecule has 0 fully saturated rings. The highest BCUT2D eigenvalue weighted by molar-refractivity contribution is 7.85. The number of hydrogen-bond acceptors (Lipinski definition) is 3. The lowest BCUT2D eigenvalue weighted by atomic mass is 10.2. The topological polar surface area (TPSA) is 72.2 Å². The molecule has 0 spiro atoms. The van der Waals surface area contributed by atoms with Crippen molar-refractivity contribution in [1.82, 2.24) is 0 Å². The summed E-state index contributed by atoms with van der Waals surface area (Å²) in [5, 5.41) is 2.72. The fourth-order valence-electron chi connectivity index (χ4n) is 1.56. The number of nitrogens with two attached hydrogens (primary N) is 1. The molecule has 1 rings (SSSR count). The van der Waals surface area contributed by atoms with Crippen LogP contribution in [0.4, 0.5) is 11.4 Å². The molecular formula is C14H22N2O2S. The molecule has 2 atom stereocenters. The van der Waals surface area contributed by atoms with Crippen molar-refractivity contribution in [3.63, 3.8) is 0 Å². The second-order valence-electron chi connectivity index (χ2n) is 4.88. The molecule has 2 unspecified atom stereocenters. The fourth-order valence-corrected chi connectivity index (χ4v) is 2.91. The third-order valence-electron chi connectivity index (χ3n) is 3.02. The van der Waals surface area contributed by atoms with Crippen LogP contribution < -0.4 is 11.1 Å². The van der Waals surface area contributed by atoms with Gasteiger partial charge >= 0.3 is 0 Å². The maximum absolute atomic E-state index is 11.8. The van der Waals surface area contributed by atoms with Gasteiger partial charge in [-0.2, -0.15) is 0 Å². The summed E-state index contributed by atoms with van der Waals surface area (Å²) >= 11 is 0. The number of rotatable bonds is 6. The number of carbonyl (C=O) groups excluding carboxylic acids is 1. The lowest BCUT2D eigenvalue weighted by Gasteiger charge is -2.09. The number of hydrogen-bond donors (Lipinski definition) is 2. The molecule has 1 aromatic carbocycles. The van der Waals surface area contributed by atoms with Crippen LogP contribution in [0.15, 0.2) is 18.2 Å². The van der Waals surface area contributed by atoms with Gasteiger partial charge in [0.2, 0.25) is 5.91 Å². The minimum Gasteiger partial charge on any atom is -0.398 e. The van der Waals surface area contributed by atoms with Gasteiger partial charge in [-0.05, 0) is 30.5 Å². The molecular weight excluding hydrogens is 260 g/mol. The highest BCUT2D eigenvalue weighted by Gasteiger charge is 2.11. The van der Waals surface area contributed by atoms with Gasteiger partial charge in [0, 0.05) is 27.9 Å². The lowest BCUT2D eigenvalue weighted by Crippen LogP contribution is -2.22. The molecule has 0 saturated carbocycles. The van der Waals surface area contributed by atoms with Crippen LogP contribution in [0.1, 0.15) is 25.8 Å². The van der Waals surface area contributed by atoms with E-state index in [-0.39, 0.29) is 11.7 Å². The standard InChI is InChI=1S/C14H22N2O2S/c1-4-10(2)8-19(18)9-14(17)16-12-6-5-11(3)13(15)7-12/h5-7,10H,4,8-9,15H2,1-3H3,(H,16,17). The van der Waals surface area contributed by atoms with Crippen LogP contribution in [-0.4, -0.2) is 21.6 Å². The van der Waals surface area contributed by atoms with Crippen molar-refractivity contribution in [1.29, 1.82) is 0 Å². The Kier molecular flexibility index (Phi) is 6.02. The number of nitrogens with one attached hydrogen (secondary N) is 1. The number of benzene rings is 1. The Balaban J connectivity index is 2.51. The summed E-state index contributed by atoms with van der Waals surface area (Å²) in [7, 11) is -1.11. The number of amides is 1. The van der Waals surface area contributed by atoms with Crippen molar-refractivity contribution < 1.29 is 9.00 Å². The molecule has 0 radical (unpaired) electrons. The molecule has 0 heterocycles. The van der Waals surface area contributed by atoms with Gasteiger partial charge in [-0.25, -0.2) is 0 Å². The molecule has 0 saturated heterocycles. The summed E-state index contributed by atoms with van der Waals surface area (Å²) in [6.07, 6.45) is 0.974. The molecule has 1 aromatic rings. The molecule has 4 nitrogen and oxygen atoms in total. The maximum atomic E-state index is 11.8. The molecule has 106 valence electrons. The Morgan fingerprint density at radius 2 is 2.16 bits per heavy atom. The fraction of sp³-hybridized carbons (Fsp3) is 0.500. The first kappa shape index (κ1) is 15.7. The zero-order chi connectivity index (χ0) is 14.4. The van der Waals surface area contributed by atoms with Gasteiger partial charge in [-0.1, -0.05) is 26.3 Å². The minimum atomic E-state index is -1.11. The first-order chi connectivity index (χ1) is 8.92. The molecule has 5 heteroatoms. The SMILES string of the molecule is CCC(C)CS(=O)CC(=O)Nc1ccc(C)c(N)c1. The second kappa shape index (κ2) is 7.28. The van der Waals surface area contributed by atoms with Crippen LogP contribution in [0.25, 0.3) is 0 Å². The quantitative estimate of drug-likeness (QED) is 0.786. The zero-order valence-electron chi connectivity index (χ0n) is 11.7. The molecule has 0 bridgehead atoms. The van der Waals surface area contributed by atoms with Gasteiger partial charge in [0.1, 0.15) is 5.75 Å². The summed E-state index contributed by atoms with van der Waals surface area (Å²) < 4.78 is 11.8. The van der Waals surface area contributed by atoms with Crippen LogP contribution in [0.2, 0.25) is 0 Å². The number of anilines is 2. The summed E-state index contributed by atoms with van der Waals surface area (Å²) in [5.41, 5.74) is 8.03. The van der Waals surface area contributed by atoms with E-state index in [1.165, 1.54) is 0 Å². The van der Waals surface area contributed by atoms with E-state index in [4.69, 9.17) is 5.73 Å². The predicted molar refractivity (Wildman–Crippen MR) is 81.6 cm³/mol. The molecule has 3 N–H and O–H groups in total. The first-order valence-electron chi connectivity index (χ1n) is 6.43. The molecule has 0 aliphatic rings. The Morgan fingerprint density at radius 1 is 1.47 bits per heavy atom. The summed E-state index contributed by atoms with van der Waals surface area (Å²) in [4.78, 5) is 11.7. The molecule has 0 aliphatic heterocycles. The van der Waals surface area contributed by atoms with E-state index in [2.05, 4.69) is 12.2 Å². The Labute approximate surface area is 117 Å². The third-order valence-corrected chi connectivity index (χ3v) is 4.55. The lowest BCUT2D eigenvalue weighted by molar-refractivity contribution is -0.113. The van der Waals surface area contributed by atoms with Crippen molar-refractivity contribution >= 4 is 28.1 Å². The van der Waals surface area contributed by atoms with Gasteiger partial charge in [-0.15, -0.1) is 0 Å². The number of nitrogen functional groups attached to an aromatic ring is 1. The average Bonchev–Trinajstić information content (AvgIpc) is 2.33. The van der Waals surface area contributed by atoms with Gasteiger partial charge in [-0.3, -0.25) is 9.00 Å². The predicted octanol–water partition coefficient (Wildman–Crippen LogP) is 2.31. The van der Waals surface area contributed by atoms with Crippen LogP contribution >= 0.6 is 0 Å². The van der Waals surface area contributed by atoms with Crippen LogP contribution in [0, 0.1) is 12.8 Å².